The van der Waals surface area contributed by atoms with Gasteiger partial charge in [0.1, 0.15) is 12.4 Å². The van der Waals surface area contributed by atoms with Crippen LogP contribution in [-0.4, -0.2) is 48.9 Å². The molecule has 2 aliphatic rings. The second-order valence-corrected chi connectivity index (χ2v) is 8.53. The fourth-order valence-corrected chi connectivity index (χ4v) is 5.08. The molecule has 0 spiro atoms. The summed E-state index contributed by atoms with van der Waals surface area (Å²) >= 11 is 0. The zero-order valence-electron chi connectivity index (χ0n) is 18.3. The van der Waals surface area contributed by atoms with Crippen LogP contribution in [0.2, 0.25) is 0 Å². The molecule has 1 fully saturated rings. The van der Waals surface area contributed by atoms with Crippen LogP contribution in [0.1, 0.15) is 28.5 Å². The van der Waals surface area contributed by atoms with Crippen molar-refractivity contribution in [3.8, 4) is 16.9 Å². The predicted molar refractivity (Wildman–Crippen MR) is 124 cm³/mol. The van der Waals surface area contributed by atoms with Crippen molar-refractivity contribution in [3.05, 3.63) is 89.5 Å². The molecule has 1 amide bonds. The largest absolute Gasteiger partial charge is 0.497 e. The van der Waals surface area contributed by atoms with Crippen LogP contribution in [0.25, 0.3) is 11.1 Å². The lowest BCUT2D eigenvalue weighted by Gasteiger charge is -2.19. The van der Waals surface area contributed by atoms with Gasteiger partial charge in [0.05, 0.1) is 13.0 Å². The molecule has 0 bridgehead atoms. The monoisotopic (exact) mass is 443 g/mol. The lowest BCUT2D eigenvalue weighted by molar-refractivity contribution is -0.141. The number of rotatable bonds is 5. The number of benzene rings is 3. The smallest absolute Gasteiger partial charge is 0.409 e. The number of carbonyl (C=O) groups excluding carboxylic acids is 1. The van der Waals surface area contributed by atoms with E-state index in [4.69, 9.17) is 9.47 Å². The second kappa shape index (κ2) is 8.62. The van der Waals surface area contributed by atoms with Crippen molar-refractivity contribution in [2.75, 3.05) is 26.8 Å². The average Bonchev–Trinajstić information content (AvgIpc) is 3.43. The van der Waals surface area contributed by atoms with Gasteiger partial charge in [0, 0.05) is 24.9 Å². The van der Waals surface area contributed by atoms with Crippen LogP contribution in [0.5, 0.6) is 5.75 Å². The van der Waals surface area contributed by atoms with Crippen molar-refractivity contribution in [1.29, 1.82) is 0 Å². The van der Waals surface area contributed by atoms with Crippen molar-refractivity contribution in [3.63, 3.8) is 0 Å². The van der Waals surface area contributed by atoms with Gasteiger partial charge < -0.3 is 19.5 Å². The van der Waals surface area contributed by atoms with Gasteiger partial charge in [-0.1, -0.05) is 60.7 Å². The SMILES string of the molecule is COc1ccc(C2CN(C(=O)OCC3c4ccccc4-c4ccccc43)CC2C(=O)O)cc1. The number of carboxylic acid groups (broad SMARTS) is 1. The van der Waals surface area contributed by atoms with Gasteiger partial charge in [-0.15, -0.1) is 0 Å². The Morgan fingerprint density at radius 3 is 2.09 bits per heavy atom. The summed E-state index contributed by atoms with van der Waals surface area (Å²) in [7, 11) is 1.59. The molecule has 2 unspecified atom stereocenters. The number of hydrogen-bond donors (Lipinski definition) is 1. The third-order valence-electron chi connectivity index (χ3n) is 6.78. The predicted octanol–water partition coefficient (Wildman–Crippen LogP) is 4.74. The Labute approximate surface area is 192 Å². The van der Waals surface area contributed by atoms with Gasteiger partial charge in [-0.2, -0.15) is 0 Å². The summed E-state index contributed by atoms with van der Waals surface area (Å²) in [5, 5.41) is 9.76. The Balaban J connectivity index is 1.31. The second-order valence-electron chi connectivity index (χ2n) is 8.53. The van der Waals surface area contributed by atoms with Gasteiger partial charge >= 0.3 is 12.1 Å². The fraction of sp³-hybridized carbons (Fsp3) is 0.259. The maximum absolute atomic E-state index is 13.0. The van der Waals surface area contributed by atoms with E-state index in [0.29, 0.717) is 12.3 Å². The minimum atomic E-state index is -0.912. The molecule has 6 heteroatoms. The molecule has 3 aromatic rings. The molecule has 6 nitrogen and oxygen atoms in total. The Morgan fingerprint density at radius 2 is 1.52 bits per heavy atom. The van der Waals surface area contributed by atoms with Crippen LogP contribution in [0.3, 0.4) is 0 Å². The highest BCUT2D eigenvalue weighted by molar-refractivity contribution is 5.79. The molecule has 1 aliphatic heterocycles. The summed E-state index contributed by atoms with van der Waals surface area (Å²) in [4.78, 5) is 26.4. The molecule has 1 aliphatic carbocycles. The van der Waals surface area contributed by atoms with E-state index in [2.05, 4.69) is 24.3 Å². The number of ether oxygens (including phenoxy) is 2. The Morgan fingerprint density at radius 1 is 0.909 bits per heavy atom. The highest BCUT2D eigenvalue weighted by Crippen LogP contribution is 2.44. The van der Waals surface area contributed by atoms with Gasteiger partial charge in [0.25, 0.3) is 0 Å². The van der Waals surface area contributed by atoms with E-state index in [1.165, 1.54) is 16.0 Å². The van der Waals surface area contributed by atoms with E-state index in [-0.39, 0.29) is 25.0 Å². The summed E-state index contributed by atoms with van der Waals surface area (Å²) < 4.78 is 10.9. The first-order valence-electron chi connectivity index (χ1n) is 11.0. The quantitative estimate of drug-likeness (QED) is 0.616. The number of carbonyl (C=O) groups is 2. The van der Waals surface area contributed by atoms with E-state index in [0.717, 1.165) is 16.7 Å². The standard InChI is InChI=1S/C27H25NO5/c1-32-18-12-10-17(11-13-18)23-14-28(15-24(23)26(29)30)27(31)33-16-25-21-8-4-2-6-19(21)20-7-3-5-9-22(20)25/h2-13,23-25H,14-16H2,1H3,(H,29,30). The van der Waals surface area contributed by atoms with Crippen LogP contribution in [0.4, 0.5) is 4.79 Å². The number of nitrogens with zero attached hydrogens (tertiary/aromatic N) is 1. The van der Waals surface area contributed by atoms with E-state index >= 15 is 0 Å². The highest BCUT2D eigenvalue weighted by atomic mass is 16.6. The van der Waals surface area contributed by atoms with E-state index in [9.17, 15) is 14.7 Å². The first kappa shape index (κ1) is 21.1. The Kier molecular flexibility index (Phi) is 5.50. The lowest BCUT2D eigenvalue weighted by Crippen LogP contribution is -2.31. The number of likely N-dealkylation sites (tertiary alicyclic amines) is 1. The average molecular weight is 443 g/mol. The van der Waals surface area contributed by atoms with Gasteiger partial charge in [-0.05, 0) is 39.9 Å². The Bertz CT molecular complexity index is 1140. The van der Waals surface area contributed by atoms with Crippen molar-refractivity contribution >= 4 is 12.1 Å². The van der Waals surface area contributed by atoms with Crippen LogP contribution in [0.15, 0.2) is 72.8 Å². The lowest BCUT2D eigenvalue weighted by atomic mass is 9.89. The van der Waals surface area contributed by atoms with Crippen molar-refractivity contribution < 1.29 is 24.2 Å². The molecule has 0 saturated carbocycles. The normalized spacial score (nSPS) is 19.1. The van der Waals surface area contributed by atoms with Crippen LogP contribution in [-0.2, 0) is 9.53 Å². The number of carboxylic acids is 1. The summed E-state index contributed by atoms with van der Waals surface area (Å²) in [6.45, 7) is 0.650. The van der Waals surface area contributed by atoms with Gasteiger partial charge in [-0.3, -0.25) is 4.79 Å². The third-order valence-corrected chi connectivity index (χ3v) is 6.78. The molecule has 1 N–H and O–H groups in total. The van der Waals surface area contributed by atoms with Gasteiger partial charge in [0.2, 0.25) is 0 Å². The molecule has 1 saturated heterocycles. The molecule has 168 valence electrons. The summed E-state index contributed by atoms with van der Waals surface area (Å²) in [6, 6.07) is 23.7. The highest BCUT2D eigenvalue weighted by Gasteiger charge is 2.41. The van der Waals surface area contributed by atoms with E-state index < -0.39 is 18.0 Å². The van der Waals surface area contributed by atoms with Gasteiger partial charge in [-0.25, -0.2) is 4.79 Å². The maximum atomic E-state index is 13.0. The van der Waals surface area contributed by atoms with E-state index in [1.807, 2.05) is 48.5 Å². The van der Waals surface area contributed by atoms with Crippen molar-refractivity contribution in [1.82, 2.24) is 4.90 Å². The zero-order chi connectivity index (χ0) is 22.9. The fourth-order valence-electron chi connectivity index (χ4n) is 5.08. The van der Waals surface area contributed by atoms with E-state index in [1.54, 1.807) is 7.11 Å². The summed E-state index contributed by atoms with van der Waals surface area (Å²) in [5.74, 6) is -1.22. The maximum Gasteiger partial charge on any atom is 0.409 e. The van der Waals surface area contributed by atoms with Gasteiger partial charge in [0.15, 0.2) is 0 Å². The molecule has 3 aromatic carbocycles. The molecule has 0 aromatic heterocycles. The van der Waals surface area contributed by atoms with Crippen LogP contribution in [0, 0.1) is 5.92 Å². The molecular weight excluding hydrogens is 418 g/mol. The topological polar surface area (TPSA) is 76.1 Å². The Hall–Kier alpha value is -3.80. The first-order chi connectivity index (χ1) is 16.1. The van der Waals surface area contributed by atoms with Crippen molar-refractivity contribution in [2.24, 2.45) is 5.92 Å². The molecule has 2 atom stereocenters. The first-order valence-corrected chi connectivity index (χ1v) is 11.0. The minimum absolute atomic E-state index is 0.0309. The number of aliphatic carboxylic acids is 1. The number of amides is 1. The summed E-state index contributed by atoms with van der Waals surface area (Å²) in [5.41, 5.74) is 5.50. The molecule has 5 rings (SSSR count). The molecular formula is C27H25NO5. The number of hydrogen-bond acceptors (Lipinski definition) is 4. The van der Waals surface area contributed by atoms with Crippen LogP contribution < -0.4 is 4.74 Å². The molecule has 33 heavy (non-hydrogen) atoms. The molecule has 1 heterocycles. The minimum Gasteiger partial charge on any atom is -0.497 e. The molecule has 0 radical (unpaired) electrons. The van der Waals surface area contributed by atoms with Crippen LogP contribution >= 0.6 is 0 Å². The summed E-state index contributed by atoms with van der Waals surface area (Å²) in [6.07, 6.45) is -0.473. The third kappa shape index (κ3) is 3.82. The number of methoxy groups -OCH3 is 1. The van der Waals surface area contributed by atoms with Crippen molar-refractivity contribution in [2.45, 2.75) is 11.8 Å². The number of fused-ring (bicyclic) bond motifs is 3. The zero-order valence-corrected chi connectivity index (χ0v) is 18.3.